The van der Waals surface area contributed by atoms with E-state index in [4.69, 9.17) is 15.7 Å². The van der Waals surface area contributed by atoms with Crippen molar-refractivity contribution in [2.75, 3.05) is 26.7 Å². The van der Waals surface area contributed by atoms with Gasteiger partial charge in [-0.1, -0.05) is 20.3 Å². The van der Waals surface area contributed by atoms with Crippen LogP contribution in [0.4, 0.5) is 0 Å². The lowest BCUT2D eigenvalue weighted by Crippen LogP contribution is -2.31. The number of benzene rings is 1. The summed E-state index contributed by atoms with van der Waals surface area (Å²) >= 11 is 0. The van der Waals surface area contributed by atoms with Crippen LogP contribution in [0.2, 0.25) is 0 Å². The number of nitrogens with one attached hydrogen (secondary N) is 2. The second-order valence-corrected chi connectivity index (χ2v) is 10.2. The van der Waals surface area contributed by atoms with Crippen molar-refractivity contribution >= 4 is 21.1 Å². The van der Waals surface area contributed by atoms with Gasteiger partial charge in [0, 0.05) is 30.5 Å². The SMILES string of the molecule is [2H]C(NS(=O)(=O)c1ccc(OCCC)c(-c2nc3c(C([2H])([2H])CC)nn(C([2H])([2H])[2H])c3c(=O)[nH]2)c1)C([2H])([2H])C1CCCN1C. The first kappa shape index (κ1) is 17.7. The molecule has 0 aliphatic carbocycles. The molecular weight excluding hydrogens is 480 g/mol. The molecule has 2 aromatic heterocycles. The van der Waals surface area contributed by atoms with Gasteiger partial charge in [0.2, 0.25) is 10.0 Å². The van der Waals surface area contributed by atoms with Gasteiger partial charge in [-0.25, -0.2) is 18.1 Å². The van der Waals surface area contributed by atoms with Crippen LogP contribution in [0.1, 0.15) is 62.6 Å². The number of hydrogen-bond donors (Lipinski definition) is 2. The maximum Gasteiger partial charge on any atom is 0.277 e. The molecule has 3 heterocycles. The third-order valence-electron chi connectivity index (χ3n) is 5.86. The Morgan fingerprint density at radius 1 is 1.33 bits per heavy atom. The highest BCUT2D eigenvalue weighted by Gasteiger charge is 2.23. The first-order valence-electron chi connectivity index (χ1n) is 15.9. The molecule has 0 amide bonds. The zero-order chi connectivity index (χ0) is 32.8. The maximum atomic E-state index is 13.4. The van der Waals surface area contributed by atoms with E-state index in [0.29, 0.717) is 24.1 Å². The fourth-order valence-corrected chi connectivity index (χ4v) is 4.92. The number of nitrogens with zero attached hydrogens (tertiary/aromatic N) is 4. The zero-order valence-electron chi connectivity index (χ0n) is 28.5. The van der Waals surface area contributed by atoms with Gasteiger partial charge in [0.25, 0.3) is 5.56 Å². The van der Waals surface area contributed by atoms with E-state index in [1.54, 1.807) is 11.9 Å². The van der Waals surface area contributed by atoms with E-state index in [2.05, 4.69) is 19.8 Å². The van der Waals surface area contributed by atoms with Crippen molar-refractivity contribution in [2.45, 2.75) is 63.2 Å². The third kappa shape index (κ3) is 5.47. The van der Waals surface area contributed by atoms with Crippen molar-refractivity contribution in [1.82, 2.24) is 29.4 Å². The van der Waals surface area contributed by atoms with Crippen molar-refractivity contribution in [3.63, 3.8) is 0 Å². The highest BCUT2D eigenvalue weighted by atomic mass is 32.2. The Hall–Kier alpha value is -2.76. The Morgan fingerprint density at radius 2 is 2.17 bits per heavy atom. The molecule has 2 atom stereocenters. The molecule has 2 unspecified atom stereocenters. The van der Waals surface area contributed by atoms with E-state index >= 15 is 0 Å². The average Bonchev–Trinajstić information content (AvgIpc) is 3.56. The number of aromatic nitrogens is 4. The summed E-state index contributed by atoms with van der Waals surface area (Å²) in [5, 5.41) is 3.92. The predicted molar refractivity (Wildman–Crippen MR) is 140 cm³/mol. The van der Waals surface area contributed by atoms with Gasteiger partial charge in [-0.3, -0.25) is 9.48 Å². The number of fused-ring (bicyclic) bond motifs is 1. The summed E-state index contributed by atoms with van der Waals surface area (Å²) in [6.07, 6.45) is -2.68. The zero-order valence-corrected chi connectivity index (χ0v) is 21.3. The minimum absolute atomic E-state index is 0.00923. The summed E-state index contributed by atoms with van der Waals surface area (Å²) in [5.74, 6) is -0.101. The van der Waals surface area contributed by atoms with Gasteiger partial charge in [0.05, 0.1) is 22.8 Å². The summed E-state index contributed by atoms with van der Waals surface area (Å²) in [5.41, 5.74) is -2.10. The first-order valence-corrected chi connectivity index (χ1v) is 13.3. The Kier molecular flexibility index (Phi) is 5.44. The lowest BCUT2D eigenvalue weighted by molar-refractivity contribution is 0.297. The van der Waals surface area contributed by atoms with Crippen LogP contribution in [0.5, 0.6) is 5.75 Å². The number of sulfonamides is 1. The molecule has 10 nitrogen and oxygen atoms in total. The molecule has 1 aliphatic heterocycles. The molecule has 196 valence electrons. The number of rotatable bonds is 11. The number of aromatic amines is 1. The van der Waals surface area contributed by atoms with Crippen molar-refractivity contribution < 1.29 is 24.1 Å². The van der Waals surface area contributed by atoms with E-state index in [1.165, 1.54) is 19.1 Å². The molecule has 11 heteroatoms. The normalized spacial score (nSPS) is 22.0. The smallest absolute Gasteiger partial charge is 0.277 e. The fourth-order valence-electron chi connectivity index (χ4n) is 4.04. The Balaban J connectivity index is 1.86. The molecule has 2 N–H and O–H groups in total. The van der Waals surface area contributed by atoms with E-state index < -0.39 is 53.4 Å². The van der Waals surface area contributed by atoms with Crippen molar-refractivity contribution in [1.29, 1.82) is 0 Å². The van der Waals surface area contributed by atoms with E-state index in [1.807, 2.05) is 6.92 Å². The van der Waals surface area contributed by atoms with E-state index in [9.17, 15) is 13.2 Å². The second-order valence-electron chi connectivity index (χ2n) is 8.48. The van der Waals surface area contributed by atoms with Crippen molar-refractivity contribution in [3.8, 4) is 17.1 Å². The molecule has 1 aromatic carbocycles. The standard InChI is InChI=1S/C25H36N6O4S/c1-5-8-20-22-23(31(4)29-20)25(32)28-24(27-22)19-16-18(10-11-21(19)35-15-6-2)36(33,34)26-13-12-17-9-7-14-30(17)3/h10-11,16-17,26H,5-9,12-15H2,1-4H3,(H,27,28,32)/i4D3,8D2,12D2,13D. The van der Waals surface area contributed by atoms with Crippen LogP contribution < -0.4 is 15.0 Å². The maximum absolute atomic E-state index is 13.4. The number of hydrogen-bond acceptors (Lipinski definition) is 7. The monoisotopic (exact) mass is 524 g/mol. The Labute approximate surface area is 223 Å². The van der Waals surface area contributed by atoms with Gasteiger partial charge in [-0.15, -0.1) is 0 Å². The van der Waals surface area contributed by atoms with Gasteiger partial charge in [-0.2, -0.15) is 5.10 Å². The molecule has 0 spiro atoms. The molecule has 1 fully saturated rings. The van der Waals surface area contributed by atoms with Crippen LogP contribution >= 0.6 is 0 Å². The summed E-state index contributed by atoms with van der Waals surface area (Å²) in [7, 11) is -2.76. The summed E-state index contributed by atoms with van der Waals surface area (Å²) in [4.78, 5) is 21.6. The fraction of sp³-hybridized carbons (Fsp3) is 0.560. The van der Waals surface area contributed by atoms with Gasteiger partial charge >= 0.3 is 0 Å². The number of likely N-dealkylation sites (tertiary alicyclic amines) is 1. The molecular formula is C25H36N6O4S. The number of ether oxygens (including phenoxy) is 1. The highest BCUT2D eigenvalue weighted by Crippen LogP contribution is 2.31. The topological polar surface area (TPSA) is 122 Å². The number of aryl methyl sites for hydroxylation is 2. The largest absolute Gasteiger partial charge is 0.493 e. The molecule has 0 saturated carbocycles. The quantitative estimate of drug-likeness (QED) is 0.395. The third-order valence-corrected chi connectivity index (χ3v) is 7.17. The minimum Gasteiger partial charge on any atom is -0.493 e. The Morgan fingerprint density at radius 3 is 2.86 bits per heavy atom. The molecule has 1 saturated heterocycles. The Bertz CT molecular complexity index is 1690. The van der Waals surface area contributed by atoms with Crippen LogP contribution in [0.3, 0.4) is 0 Å². The van der Waals surface area contributed by atoms with E-state index in [-0.39, 0.29) is 46.3 Å². The lowest BCUT2D eigenvalue weighted by Gasteiger charge is -2.19. The van der Waals surface area contributed by atoms with Gasteiger partial charge < -0.3 is 14.6 Å². The number of H-pyrrole nitrogens is 1. The van der Waals surface area contributed by atoms with Gasteiger partial charge in [-0.05, 0) is 63.8 Å². The van der Waals surface area contributed by atoms with Gasteiger partial charge in [0.15, 0.2) is 5.52 Å². The van der Waals surface area contributed by atoms with Crippen LogP contribution in [0, 0.1) is 0 Å². The molecule has 0 bridgehead atoms. The lowest BCUT2D eigenvalue weighted by atomic mass is 10.1. The summed E-state index contributed by atoms with van der Waals surface area (Å²) in [6.45, 7) is -0.532. The highest BCUT2D eigenvalue weighted by molar-refractivity contribution is 7.89. The predicted octanol–water partition coefficient (Wildman–Crippen LogP) is 2.83. The molecule has 3 aromatic rings. The first-order chi connectivity index (χ1) is 20.3. The minimum atomic E-state index is -4.48. The molecule has 1 aliphatic rings. The second kappa shape index (κ2) is 11.1. The van der Waals surface area contributed by atoms with Crippen LogP contribution in [-0.4, -0.2) is 65.8 Å². The van der Waals surface area contributed by atoms with Crippen LogP contribution in [0.25, 0.3) is 22.4 Å². The van der Waals surface area contributed by atoms with Crippen molar-refractivity contribution in [3.05, 3.63) is 34.2 Å². The van der Waals surface area contributed by atoms with Gasteiger partial charge in [0.1, 0.15) is 17.1 Å². The van der Waals surface area contributed by atoms with Crippen LogP contribution in [-0.2, 0) is 23.4 Å². The molecule has 0 radical (unpaired) electrons. The van der Waals surface area contributed by atoms with E-state index in [0.717, 1.165) is 12.5 Å². The summed E-state index contributed by atoms with van der Waals surface area (Å²) in [6, 6.07) is 3.04. The van der Waals surface area contributed by atoms with Crippen LogP contribution in [0.15, 0.2) is 27.9 Å². The average molecular weight is 525 g/mol. The molecule has 36 heavy (non-hydrogen) atoms. The van der Waals surface area contributed by atoms with Crippen molar-refractivity contribution in [2.24, 2.45) is 6.98 Å². The molecule has 4 rings (SSSR count). The summed E-state index contributed by atoms with van der Waals surface area (Å²) < 4.78 is 101.